The van der Waals surface area contributed by atoms with E-state index in [0.29, 0.717) is 6.42 Å². The van der Waals surface area contributed by atoms with E-state index >= 15 is 0 Å². The second-order valence-corrected chi connectivity index (χ2v) is 3.28. The van der Waals surface area contributed by atoms with Crippen LogP contribution in [0.5, 0.6) is 0 Å². The smallest absolute Gasteiger partial charge is 0.303 e. The van der Waals surface area contributed by atoms with Crippen molar-refractivity contribution in [2.75, 3.05) is 0 Å². The van der Waals surface area contributed by atoms with E-state index in [1.54, 1.807) is 19.1 Å². The van der Waals surface area contributed by atoms with Crippen LogP contribution in [0.3, 0.4) is 0 Å². The number of furan rings is 1. The number of carbonyl (C=O) groups excluding carboxylic acids is 1. The Morgan fingerprint density at radius 3 is 2.87 bits per heavy atom. The van der Waals surface area contributed by atoms with Crippen molar-refractivity contribution < 1.29 is 19.1 Å². The fourth-order valence-corrected chi connectivity index (χ4v) is 1.11. The first-order valence-corrected chi connectivity index (χ1v) is 4.65. The minimum Gasteiger partial charge on any atom is -0.481 e. The molecule has 15 heavy (non-hydrogen) atoms. The summed E-state index contributed by atoms with van der Waals surface area (Å²) in [5, 5.41) is 11.1. The molecule has 1 aromatic rings. The highest BCUT2D eigenvalue weighted by molar-refractivity contribution is 5.91. The first kappa shape index (κ1) is 11.3. The van der Waals surface area contributed by atoms with Gasteiger partial charge in [0.15, 0.2) is 5.76 Å². The summed E-state index contributed by atoms with van der Waals surface area (Å²) in [6.45, 7) is 1.75. The molecule has 0 aliphatic heterocycles. The van der Waals surface area contributed by atoms with Crippen molar-refractivity contribution in [2.24, 2.45) is 0 Å². The molecule has 0 aromatic carbocycles. The van der Waals surface area contributed by atoms with Crippen molar-refractivity contribution in [3.63, 3.8) is 0 Å². The van der Waals surface area contributed by atoms with Gasteiger partial charge >= 0.3 is 5.97 Å². The molecule has 1 rings (SSSR count). The van der Waals surface area contributed by atoms with Gasteiger partial charge in [0.1, 0.15) is 0 Å². The molecule has 5 nitrogen and oxygen atoms in total. The van der Waals surface area contributed by atoms with E-state index in [0.717, 1.165) is 0 Å². The molecule has 0 saturated carbocycles. The molecule has 0 aliphatic rings. The van der Waals surface area contributed by atoms with Gasteiger partial charge in [0.2, 0.25) is 0 Å². The lowest BCUT2D eigenvalue weighted by Gasteiger charge is -2.10. The summed E-state index contributed by atoms with van der Waals surface area (Å²) in [5.74, 6) is -0.954. The summed E-state index contributed by atoms with van der Waals surface area (Å²) in [6.07, 6.45) is 1.86. The molecule has 5 heteroatoms. The number of carboxylic acid groups (broad SMARTS) is 1. The van der Waals surface area contributed by atoms with Crippen molar-refractivity contribution >= 4 is 11.9 Å². The highest BCUT2D eigenvalue weighted by Gasteiger charge is 2.12. The predicted octanol–water partition coefficient (Wildman–Crippen LogP) is 1.26. The van der Waals surface area contributed by atoms with Gasteiger partial charge in [-0.05, 0) is 25.5 Å². The molecule has 1 atom stereocenters. The summed E-state index contributed by atoms with van der Waals surface area (Å²) >= 11 is 0. The molecule has 0 radical (unpaired) electrons. The molecule has 1 unspecified atom stereocenters. The quantitative estimate of drug-likeness (QED) is 0.768. The minimum absolute atomic E-state index is 0.0413. The van der Waals surface area contributed by atoms with Crippen LogP contribution >= 0.6 is 0 Å². The lowest BCUT2D eigenvalue weighted by atomic mass is 10.2. The monoisotopic (exact) mass is 211 g/mol. The second-order valence-electron chi connectivity index (χ2n) is 3.28. The maximum absolute atomic E-state index is 11.4. The molecule has 0 fully saturated rings. The Morgan fingerprint density at radius 1 is 1.60 bits per heavy atom. The maximum Gasteiger partial charge on any atom is 0.303 e. The van der Waals surface area contributed by atoms with Crippen molar-refractivity contribution in [2.45, 2.75) is 25.8 Å². The van der Waals surface area contributed by atoms with Crippen LogP contribution in [0.4, 0.5) is 0 Å². The fraction of sp³-hybridized carbons (Fsp3) is 0.400. The van der Waals surface area contributed by atoms with Crippen LogP contribution in [0.2, 0.25) is 0 Å². The first-order valence-electron chi connectivity index (χ1n) is 4.65. The molecule has 2 N–H and O–H groups in total. The van der Waals surface area contributed by atoms with Gasteiger partial charge in [-0.2, -0.15) is 0 Å². The zero-order chi connectivity index (χ0) is 11.3. The van der Waals surface area contributed by atoms with Crippen LogP contribution in [0, 0.1) is 0 Å². The molecule has 0 spiro atoms. The van der Waals surface area contributed by atoms with Crippen LogP contribution in [0.15, 0.2) is 22.8 Å². The fourth-order valence-electron chi connectivity index (χ4n) is 1.11. The van der Waals surface area contributed by atoms with E-state index in [9.17, 15) is 9.59 Å². The summed E-state index contributed by atoms with van der Waals surface area (Å²) < 4.78 is 4.89. The Balaban J connectivity index is 2.35. The maximum atomic E-state index is 11.4. The topological polar surface area (TPSA) is 79.5 Å². The number of nitrogens with one attached hydrogen (secondary N) is 1. The van der Waals surface area contributed by atoms with E-state index in [1.165, 1.54) is 6.26 Å². The number of carbonyl (C=O) groups is 2. The lowest BCUT2D eigenvalue weighted by Crippen LogP contribution is -2.32. The van der Waals surface area contributed by atoms with Crippen LogP contribution in [-0.4, -0.2) is 23.0 Å². The highest BCUT2D eigenvalue weighted by Crippen LogP contribution is 2.02. The van der Waals surface area contributed by atoms with Crippen LogP contribution in [-0.2, 0) is 4.79 Å². The normalized spacial score (nSPS) is 12.1. The number of aliphatic carboxylic acids is 1. The summed E-state index contributed by atoms with van der Waals surface area (Å²) in [5.41, 5.74) is 0. The third-order valence-corrected chi connectivity index (χ3v) is 1.91. The zero-order valence-corrected chi connectivity index (χ0v) is 8.40. The van der Waals surface area contributed by atoms with E-state index in [2.05, 4.69) is 5.32 Å². The first-order chi connectivity index (χ1) is 7.09. The molecule has 0 bridgehead atoms. The average molecular weight is 211 g/mol. The van der Waals surface area contributed by atoms with E-state index in [4.69, 9.17) is 9.52 Å². The number of carboxylic acids is 1. The number of amides is 1. The van der Waals surface area contributed by atoms with Crippen LogP contribution < -0.4 is 5.32 Å². The lowest BCUT2D eigenvalue weighted by molar-refractivity contribution is -0.137. The third kappa shape index (κ3) is 3.84. The molecule has 1 heterocycles. The van der Waals surface area contributed by atoms with Crippen molar-refractivity contribution in [1.29, 1.82) is 0 Å². The summed E-state index contributed by atoms with van der Waals surface area (Å²) in [6, 6.07) is 2.99. The van der Waals surface area contributed by atoms with Crippen LogP contribution in [0.1, 0.15) is 30.3 Å². The molecule has 0 aliphatic carbocycles. The summed E-state index contributed by atoms with van der Waals surface area (Å²) in [4.78, 5) is 21.7. The molecular weight excluding hydrogens is 198 g/mol. The SMILES string of the molecule is CC(CCC(=O)O)NC(=O)c1ccco1. The van der Waals surface area contributed by atoms with Gasteiger partial charge in [-0.3, -0.25) is 9.59 Å². The van der Waals surface area contributed by atoms with E-state index < -0.39 is 5.97 Å². The zero-order valence-electron chi connectivity index (χ0n) is 8.40. The predicted molar refractivity (Wildman–Crippen MR) is 52.5 cm³/mol. The molecule has 0 saturated heterocycles. The van der Waals surface area contributed by atoms with E-state index in [1.807, 2.05) is 0 Å². The summed E-state index contributed by atoms with van der Waals surface area (Å²) in [7, 11) is 0. The molecule has 82 valence electrons. The van der Waals surface area contributed by atoms with Gasteiger partial charge in [-0.1, -0.05) is 0 Å². The van der Waals surface area contributed by atoms with Crippen molar-refractivity contribution in [3.8, 4) is 0 Å². The second kappa shape index (κ2) is 5.19. The standard InChI is InChI=1S/C10H13NO4/c1-7(4-5-9(12)13)11-10(14)8-3-2-6-15-8/h2-3,6-7H,4-5H2,1H3,(H,11,14)(H,12,13). The van der Waals surface area contributed by atoms with Gasteiger partial charge in [0, 0.05) is 12.5 Å². The highest BCUT2D eigenvalue weighted by atomic mass is 16.4. The Kier molecular flexibility index (Phi) is 3.91. The van der Waals surface area contributed by atoms with E-state index in [-0.39, 0.29) is 24.1 Å². The molecule has 1 aromatic heterocycles. The Bertz CT molecular complexity index is 331. The number of hydrogen-bond donors (Lipinski definition) is 2. The van der Waals surface area contributed by atoms with Gasteiger partial charge in [-0.25, -0.2) is 0 Å². The Labute approximate surface area is 87.1 Å². The van der Waals surface area contributed by atoms with Gasteiger partial charge < -0.3 is 14.8 Å². The minimum atomic E-state index is -0.867. The average Bonchev–Trinajstić information content (AvgIpc) is 2.67. The number of hydrogen-bond acceptors (Lipinski definition) is 3. The third-order valence-electron chi connectivity index (χ3n) is 1.91. The van der Waals surface area contributed by atoms with Crippen molar-refractivity contribution in [3.05, 3.63) is 24.2 Å². The largest absolute Gasteiger partial charge is 0.481 e. The van der Waals surface area contributed by atoms with Crippen molar-refractivity contribution in [1.82, 2.24) is 5.32 Å². The van der Waals surface area contributed by atoms with Gasteiger partial charge in [0.05, 0.1) is 6.26 Å². The Morgan fingerprint density at radius 2 is 2.33 bits per heavy atom. The molecule has 1 amide bonds. The van der Waals surface area contributed by atoms with Gasteiger partial charge in [-0.15, -0.1) is 0 Å². The molecular formula is C10H13NO4. The number of rotatable bonds is 5. The Hall–Kier alpha value is -1.78. The van der Waals surface area contributed by atoms with Crippen LogP contribution in [0.25, 0.3) is 0 Å². The van der Waals surface area contributed by atoms with Gasteiger partial charge in [0.25, 0.3) is 5.91 Å².